The van der Waals surface area contributed by atoms with Gasteiger partial charge in [0.2, 0.25) is 0 Å². The summed E-state index contributed by atoms with van der Waals surface area (Å²) in [6, 6.07) is 18.8. The molecule has 3 aromatic rings. The van der Waals surface area contributed by atoms with Crippen molar-refractivity contribution >= 4 is 22.7 Å². The van der Waals surface area contributed by atoms with Crippen molar-refractivity contribution in [2.24, 2.45) is 5.10 Å². The van der Waals surface area contributed by atoms with E-state index in [1.54, 1.807) is 24.3 Å². The minimum Gasteiger partial charge on any atom is -0.409 e. The van der Waals surface area contributed by atoms with E-state index in [9.17, 15) is 4.79 Å². The first kappa shape index (κ1) is 13.9. The number of H-pyrrole nitrogens is 1. The van der Waals surface area contributed by atoms with E-state index in [0.29, 0.717) is 11.5 Å². The number of carbonyl (C=O) groups is 1. The fourth-order valence-electron chi connectivity index (χ4n) is 2.08. The highest BCUT2D eigenvalue weighted by atomic mass is 16.6. The Morgan fingerprint density at radius 2 is 1.82 bits per heavy atom. The van der Waals surface area contributed by atoms with Gasteiger partial charge in [0.25, 0.3) is 0 Å². The van der Waals surface area contributed by atoms with Crippen molar-refractivity contribution in [1.82, 2.24) is 10.4 Å². The third-order valence-corrected chi connectivity index (χ3v) is 3.19. The number of aromatic amines is 1. The van der Waals surface area contributed by atoms with E-state index in [4.69, 9.17) is 4.74 Å². The van der Waals surface area contributed by atoms with Crippen LogP contribution < -0.4 is 10.2 Å². The van der Waals surface area contributed by atoms with Crippen molar-refractivity contribution in [1.29, 1.82) is 0 Å². The predicted molar refractivity (Wildman–Crippen MR) is 86.1 cm³/mol. The highest BCUT2D eigenvalue weighted by Gasteiger charge is 2.05. The van der Waals surface area contributed by atoms with Gasteiger partial charge in [0.1, 0.15) is 5.75 Å². The minimum absolute atomic E-state index is 0.471. The first-order chi connectivity index (χ1) is 10.7. The van der Waals surface area contributed by atoms with Crippen molar-refractivity contribution in [2.45, 2.75) is 6.92 Å². The number of hydrogen-bond acceptors (Lipinski definition) is 3. The largest absolute Gasteiger partial charge is 0.433 e. The van der Waals surface area contributed by atoms with Crippen molar-refractivity contribution in [3.63, 3.8) is 0 Å². The van der Waals surface area contributed by atoms with E-state index in [1.165, 1.54) is 0 Å². The van der Waals surface area contributed by atoms with E-state index < -0.39 is 6.09 Å². The van der Waals surface area contributed by atoms with Crippen LogP contribution in [0.1, 0.15) is 12.6 Å². The molecule has 0 bridgehead atoms. The van der Waals surface area contributed by atoms with Crippen LogP contribution in [0.15, 0.2) is 65.8 Å². The third kappa shape index (κ3) is 3.15. The summed E-state index contributed by atoms with van der Waals surface area (Å²) in [6.07, 6.45) is -0.623. The van der Waals surface area contributed by atoms with Gasteiger partial charge in [0.15, 0.2) is 0 Å². The normalized spacial score (nSPS) is 11.4. The summed E-state index contributed by atoms with van der Waals surface area (Å²) in [6.45, 7) is 1.81. The van der Waals surface area contributed by atoms with Crippen LogP contribution in [0.3, 0.4) is 0 Å². The molecule has 0 aliphatic rings. The maximum absolute atomic E-state index is 11.7. The van der Waals surface area contributed by atoms with Crippen LogP contribution in [-0.2, 0) is 0 Å². The van der Waals surface area contributed by atoms with Crippen molar-refractivity contribution < 1.29 is 9.53 Å². The van der Waals surface area contributed by atoms with Crippen LogP contribution in [0.2, 0.25) is 0 Å². The second-order valence-electron chi connectivity index (χ2n) is 4.78. The smallest absolute Gasteiger partial charge is 0.409 e. The third-order valence-electron chi connectivity index (χ3n) is 3.19. The number of amides is 1. The summed E-state index contributed by atoms with van der Waals surface area (Å²) in [4.78, 5) is 14.9. The molecule has 0 aliphatic heterocycles. The Bertz CT molecular complexity index is 789. The number of hydrogen-bond donors (Lipinski definition) is 2. The molecule has 1 aromatic heterocycles. The van der Waals surface area contributed by atoms with Gasteiger partial charge in [-0.15, -0.1) is 0 Å². The van der Waals surface area contributed by atoms with Crippen molar-refractivity contribution in [3.8, 4) is 5.75 Å². The van der Waals surface area contributed by atoms with E-state index in [2.05, 4.69) is 15.5 Å². The average Bonchev–Trinajstić information content (AvgIpc) is 2.98. The fourth-order valence-corrected chi connectivity index (χ4v) is 2.08. The van der Waals surface area contributed by atoms with Crippen LogP contribution in [0.4, 0.5) is 4.79 Å². The van der Waals surface area contributed by atoms with Gasteiger partial charge >= 0.3 is 6.09 Å². The molecule has 22 heavy (non-hydrogen) atoms. The Morgan fingerprint density at radius 3 is 2.59 bits per heavy atom. The molecule has 2 aromatic carbocycles. The second kappa shape index (κ2) is 6.13. The molecular weight excluding hydrogens is 278 g/mol. The molecule has 110 valence electrons. The number of nitrogens with one attached hydrogen (secondary N) is 2. The molecule has 0 fully saturated rings. The highest BCUT2D eigenvalue weighted by Crippen LogP contribution is 2.15. The quantitative estimate of drug-likeness (QED) is 0.571. The molecule has 5 nitrogen and oxygen atoms in total. The van der Waals surface area contributed by atoms with E-state index in [-0.39, 0.29) is 0 Å². The average molecular weight is 293 g/mol. The summed E-state index contributed by atoms with van der Waals surface area (Å²) in [5, 5.41) is 5.14. The van der Waals surface area contributed by atoms with Gasteiger partial charge in [0, 0.05) is 10.9 Å². The molecule has 0 saturated carbocycles. The SMILES string of the molecule is C/C(=N/NC(=O)Oc1ccccc1)c1cc2ccccc2[nH]1. The van der Waals surface area contributed by atoms with Gasteiger partial charge in [0.05, 0.1) is 11.4 Å². The summed E-state index contributed by atoms with van der Waals surface area (Å²) in [5.41, 5.74) is 4.92. The highest BCUT2D eigenvalue weighted by molar-refractivity contribution is 6.01. The summed E-state index contributed by atoms with van der Waals surface area (Å²) in [7, 11) is 0. The summed E-state index contributed by atoms with van der Waals surface area (Å²) >= 11 is 0. The van der Waals surface area contributed by atoms with Gasteiger partial charge in [-0.25, -0.2) is 10.2 Å². The lowest BCUT2D eigenvalue weighted by Crippen LogP contribution is -2.23. The van der Waals surface area contributed by atoms with Crippen LogP contribution in [0, 0.1) is 0 Å². The Kier molecular flexibility index (Phi) is 3.87. The number of aromatic nitrogens is 1. The molecule has 1 amide bonds. The molecule has 0 radical (unpaired) electrons. The molecule has 1 heterocycles. The van der Waals surface area contributed by atoms with Gasteiger partial charge in [-0.2, -0.15) is 5.10 Å². The number of benzene rings is 2. The number of fused-ring (bicyclic) bond motifs is 1. The zero-order valence-electron chi connectivity index (χ0n) is 12.0. The lowest BCUT2D eigenvalue weighted by molar-refractivity contribution is 0.201. The van der Waals surface area contributed by atoms with Crippen LogP contribution >= 0.6 is 0 Å². The Labute approximate surface area is 127 Å². The number of rotatable bonds is 3. The molecule has 3 rings (SSSR count). The lowest BCUT2D eigenvalue weighted by atomic mass is 10.2. The van der Waals surface area contributed by atoms with Gasteiger partial charge in [-0.3, -0.25) is 0 Å². The first-order valence-corrected chi connectivity index (χ1v) is 6.87. The summed E-state index contributed by atoms with van der Waals surface area (Å²) < 4.78 is 5.09. The first-order valence-electron chi connectivity index (χ1n) is 6.87. The Balaban J connectivity index is 1.68. The summed E-state index contributed by atoms with van der Waals surface area (Å²) in [5.74, 6) is 0.471. The topological polar surface area (TPSA) is 66.5 Å². The number of ether oxygens (including phenoxy) is 1. The Morgan fingerprint density at radius 1 is 1.09 bits per heavy atom. The van der Waals surface area contributed by atoms with Crippen LogP contribution in [0.5, 0.6) is 5.75 Å². The molecular formula is C17H15N3O2. The second-order valence-corrected chi connectivity index (χ2v) is 4.78. The maximum Gasteiger partial charge on any atom is 0.433 e. The van der Waals surface area contributed by atoms with Gasteiger partial charge < -0.3 is 9.72 Å². The van der Waals surface area contributed by atoms with Crippen molar-refractivity contribution in [2.75, 3.05) is 0 Å². The predicted octanol–water partition coefficient (Wildman–Crippen LogP) is 3.68. The number of para-hydroxylation sites is 2. The molecule has 0 spiro atoms. The fraction of sp³-hybridized carbons (Fsp3) is 0.0588. The minimum atomic E-state index is -0.623. The monoisotopic (exact) mass is 293 g/mol. The number of hydrazone groups is 1. The van der Waals surface area contributed by atoms with E-state index in [0.717, 1.165) is 16.6 Å². The maximum atomic E-state index is 11.7. The molecule has 5 heteroatoms. The molecule has 2 N–H and O–H groups in total. The van der Waals surface area contributed by atoms with E-state index >= 15 is 0 Å². The number of carbonyl (C=O) groups excluding carboxylic acids is 1. The zero-order chi connectivity index (χ0) is 15.4. The molecule has 0 atom stereocenters. The number of nitrogens with zero attached hydrogens (tertiary/aromatic N) is 1. The molecule has 0 saturated heterocycles. The molecule has 0 aliphatic carbocycles. The Hall–Kier alpha value is -3.08. The van der Waals surface area contributed by atoms with Gasteiger partial charge in [-0.1, -0.05) is 36.4 Å². The van der Waals surface area contributed by atoms with Crippen LogP contribution in [-0.4, -0.2) is 16.8 Å². The lowest BCUT2D eigenvalue weighted by Gasteiger charge is -2.03. The molecule has 0 unspecified atom stereocenters. The van der Waals surface area contributed by atoms with Crippen molar-refractivity contribution in [3.05, 3.63) is 66.4 Å². The van der Waals surface area contributed by atoms with Gasteiger partial charge in [-0.05, 0) is 31.2 Å². The van der Waals surface area contributed by atoms with E-state index in [1.807, 2.05) is 43.3 Å². The standard InChI is InChI=1S/C17H15N3O2/c1-12(16-11-13-7-5-6-10-15(13)18-16)19-20-17(21)22-14-8-3-2-4-9-14/h2-11,18H,1H3,(H,20,21)/b19-12-. The zero-order valence-corrected chi connectivity index (χ0v) is 12.0. The van der Waals surface area contributed by atoms with Crippen LogP contribution in [0.25, 0.3) is 10.9 Å².